The molecule has 0 unspecified atom stereocenters. The van der Waals surface area contributed by atoms with Crippen LogP contribution >= 0.6 is 11.8 Å². The number of carbonyl (C=O) groups is 1. The molecule has 0 atom stereocenters. The lowest BCUT2D eigenvalue weighted by Crippen LogP contribution is -2.29. The van der Waals surface area contributed by atoms with Gasteiger partial charge in [-0.25, -0.2) is 10.8 Å². The van der Waals surface area contributed by atoms with Crippen LogP contribution in [0.3, 0.4) is 0 Å². The standard InChI is InChI=1S/C10H17N5O2S/c11-7-6-9(17)14-10(13-7)18-5-3-1-2-4-8(16)15-12/h6H,1-5,12H2,(H,15,16)(H3,11,13,14,17). The summed E-state index contributed by atoms with van der Waals surface area (Å²) in [5, 5.41) is 0.528. The van der Waals surface area contributed by atoms with Crippen molar-refractivity contribution in [3.05, 3.63) is 16.4 Å². The minimum absolute atomic E-state index is 0.149. The second-order valence-electron chi connectivity index (χ2n) is 3.70. The summed E-state index contributed by atoms with van der Waals surface area (Å²) in [6, 6.07) is 1.25. The smallest absolute Gasteiger partial charge is 0.253 e. The highest BCUT2D eigenvalue weighted by Gasteiger charge is 2.01. The lowest BCUT2D eigenvalue weighted by Gasteiger charge is -2.02. The molecule has 0 saturated heterocycles. The van der Waals surface area contributed by atoms with Gasteiger partial charge in [0.2, 0.25) is 5.91 Å². The predicted octanol–water partition coefficient (Wildman–Crippen LogP) is -0.00550. The molecule has 100 valence electrons. The summed E-state index contributed by atoms with van der Waals surface area (Å²) in [6.07, 6.45) is 3.09. The van der Waals surface area contributed by atoms with Crippen LogP contribution in [0.2, 0.25) is 0 Å². The highest BCUT2D eigenvalue weighted by molar-refractivity contribution is 7.99. The maximum absolute atomic E-state index is 11.1. The zero-order valence-electron chi connectivity index (χ0n) is 9.94. The Morgan fingerprint density at radius 1 is 1.44 bits per heavy atom. The quantitative estimate of drug-likeness (QED) is 0.138. The van der Waals surface area contributed by atoms with Gasteiger partial charge in [0, 0.05) is 18.2 Å². The fourth-order valence-corrected chi connectivity index (χ4v) is 2.21. The second kappa shape index (κ2) is 7.72. The minimum Gasteiger partial charge on any atom is -0.383 e. The number of nitrogen functional groups attached to an aromatic ring is 1. The van der Waals surface area contributed by atoms with Gasteiger partial charge in [-0.3, -0.25) is 15.0 Å². The van der Waals surface area contributed by atoms with Gasteiger partial charge in [-0.2, -0.15) is 0 Å². The van der Waals surface area contributed by atoms with Gasteiger partial charge in [-0.15, -0.1) is 0 Å². The number of hydrogen-bond donors (Lipinski definition) is 4. The molecule has 0 spiro atoms. The number of rotatable bonds is 7. The maximum Gasteiger partial charge on any atom is 0.253 e. The molecular weight excluding hydrogens is 254 g/mol. The van der Waals surface area contributed by atoms with Crippen molar-refractivity contribution in [3.63, 3.8) is 0 Å². The Morgan fingerprint density at radius 2 is 2.22 bits per heavy atom. The number of aromatic amines is 1. The molecule has 1 aromatic rings. The van der Waals surface area contributed by atoms with Gasteiger partial charge in [0.25, 0.3) is 5.56 Å². The molecule has 0 bridgehead atoms. The number of amides is 1. The topological polar surface area (TPSA) is 127 Å². The third-order valence-corrected chi connectivity index (χ3v) is 3.15. The number of nitrogens with two attached hydrogens (primary N) is 2. The zero-order chi connectivity index (χ0) is 13.4. The number of H-pyrrole nitrogens is 1. The van der Waals surface area contributed by atoms with E-state index in [9.17, 15) is 9.59 Å². The SMILES string of the molecule is NNC(=O)CCCCCSc1nc(N)cc(=O)[nH]1. The largest absolute Gasteiger partial charge is 0.383 e. The van der Waals surface area contributed by atoms with E-state index in [2.05, 4.69) is 15.4 Å². The van der Waals surface area contributed by atoms with Gasteiger partial charge in [0.15, 0.2) is 5.16 Å². The molecule has 18 heavy (non-hydrogen) atoms. The van der Waals surface area contributed by atoms with Crippen LogP contribution in [0.25, 0.3) is 0 Å². The molecule has 0 aliphatic rings. The Labute approximate surface area is 109 Å². The molecule has 1 amide bonds. The first kappa shape index (κ1) is 14.5. The lowest BCUT2D eigenvalue weighted by molar-refractivity contribution is -0.121. The Hall–Kier alpha value is -1.54. The Bertz CT molecular complexity index is 448. The first-order valence-electron chi connectivity index (χ1n) is 5.61. The van der Waals surface area contributed by atoms with Crippen LogP contribution in [0, 0.1) is 0 Å². The average Bonchev–Trinajstić information content (AvgIpc) is 2.32. The Morgan fingerprint density at radius 3 is 2.89 bits per heavy atom. The van der Waals surface area contributed by atoms with Crippen molar-refractivity contribution in [1.82, 2.24) is 15.4 Å². The summed E-state index contributed by atoms with van der Waals surface area (Å²) >= 11 is 1.44. The molecule has 6 N–H and O–H groups in total. The number of aromatic nitrogens is 2. The summed E-state index contributed by atoms with van der Waals surface area (Å²) in [4.78, 5) is 28.5. The van der Waals surface area contributed by atoms with E-state index >= 15 is 0 Å². The number of nitrogens with zero attached hydrogens (tertiary/aromatic N) is 1. The van der Waals surface area contributed by atoms with E-state index in [1.165, 1.54) is 17.8 Å². The highest BCUT2D eigenvalue weighted by Crippen LogP contribution is 2.14. The summed E-state index contributed by atoms with van der Waals surface area (Å²) in [7, 11) is 0. The fraction of sp³-hybridized carbons (Fsp3) is 0.500. The molecular formula is C10H17N5O2S. The number of anilines is 1. The van der Waals surface area contributed by atoms with Gasteiger partial charge < -0.3 is 10.7 Å². The monoisotopic (exact) mass is 271 g/mol. The van der Waals surface area contributed by atoms with Gasteiger partial charge in [0.1, 0.15) is 5.82 Å². The van der Waals surface area contributed by atoms with E-state index in [0.29, 0.717) is 11.6 Å². The van der Waals surface area contributed by atoms with E-state index in [4.69, 9.17) is 11.6 Å². The lowest BCUT2D eigenvalue weighted by atomic mass is 10.2. The van der Waals surface area contributed by atoms with Crippen LogP contribution in [0.1, 0.15) is 25.7 Å². The molecule has 0 aromatic carbocycles. The third kappa shape index (κ3) is 5.69. The molecule has 7 nitrogen and oxygen atoms in total. The average molecular weight is 271 g/mol. The minimum atomic E-state index is -0.246. The van der Waals surface area contributed by atoms with Crippen molar-refractivity contribution in [2.75, 3.05) is 11.5 Å². The first-order chi connectivity index (χ1) is 8.61. The van der Waals surface area contributed by atoms with Crippen molar-refractivity contribution in [2.24, 2.45) is 5.84 Å². The van der Waals surface area contributed by atoms with Crippen LogP contribution in [0.4, 0.5) is 5.82 Å². The first-order valence-corrected chi connectivity index (χ1v) is 6.59. The van der Waals surface area contributed by atoms with Crippen molar-refractivity contribution in [2.45, 2.75) is 30.8 Å². The number of thioether (sulfide) groups is 1. The van der Waals surface area contributed by atoms with Gasteiger partial charge in [0.05, 0.1) is 0 Å². The van der Waals surface area contributed by atoms with Crippen LogP contribution in [0.5, 0.6) is 0 Å². The molecule has 1 rings (SSSR count). The number of hydrazine groups is 1. The Kier molecular flexibility index (Phi) is 6.23. The van der Waals surface area contributed by atoms with E-state index < -0.39 is 0 Å². The number of hydrogen-bond acceptors (Lipinski definition) is 6. The molecule has 0 aliphatic heterocycles. The van der Waals surface area contributed by atoms with Crippen molar-refractivity contribution < 1.29 is 4.79 Å². The van der Waals surface area contributed by atoms with Gasteiger partial charge in [-0.1, -0.05) is 18.2 Å². The van der Waals surface area contributed by atoms with Gasteiger partial charge >= 0.3 is 0 Å². The van der Waals surface area contributed by atoms with E-state index in [1.807, 2.05) is 0 Å². The number of carbonyl (C=O) groups excluding carboxylic acids is 1. The van der Waals surface area contributed by atoms with Crippen molar-refractivity contribution in [1.29, 1.82) is 0 Å². The second-order valence-corrected chi connectivity index (χ2v) is 4.79. The maximum atomic E-state index is 11.1. The van der Waals surface area contributed by atoms with Crippen LogP contribution in [-0.2, 0) is 4.79 Å². The van der Waals surface area contributed by atoms with E-state index in [0.717, 1.165) is 25.0 Å². The van der Waals surface area contributed by atoms with E-state index in [-0.39, 0.29) is 17.3 Å². The van der Waals surface area contributed by atoms with Gasteiger partial charge in [-0.05, 0) is 12.8 Å². The number of nitrogens with one attached hydrogen (secondary N) is 2. The summed E-state index contributed by atoms with van der Waals surface area (Å²) in [6.45, 7) is 0. The predicted molar refractivity (Wildman–Crippen MR) is 70.8 cm³/mol. The molecule has 1 aromatic heterocycles. The number of unbranched alkanes of at least 4 members (excludes halogenated alkanes) is 2. The molecule has 8 heteroatoms. The molecule has 0 aliphatic carbocycles. The van der Waals surface area contributed by atoms with Crippen LogP contribution in [0.15, 0.2) is 16.0 Å². The normalized spacial score (nSPS) is 10.3. The third-order valence-electron chi connectivity index (χ3n) is 2.19. The Balaban J connectivity index is 2.18. The molecule has 1 heterocycles. The summed E-state index contributed by atoms with van der Waals surface area (Å²) < 4.78 is 0. The summed E-state index contributed by atoms with van der Waals surface area (Å²) in [5.41, 5.74) is 7.30. The molecule has 0 saturated carbocycles. The molecule has 0 radical (unpaired) electrons. The zero-order valence-corrected chi connectivity index (χ0v) is 10.8. The summed E-state index contributed by atoms with van der Waals surface area (Å²) in [5.74, 6) is 5.85. The highest BCUT2D eigenvalue weighted by atomic mass is 32.2. The van der Waals surface area contributed by atoms with Crippen molar-refractivity contribution >= 4 is 23.5 Å². The van der Waals surface area contributed by atoms with Crippen LogP contribution in [-0.4, -0.2) is 21.6 Å². The van der Waals surface area contributed by atoms with Crippen LogP contribution < -0.4 is 22.6 Å². The van der Waals surface area contributed by atoms with Crippen molar-refractivity contribution in [3.8, 4) is 0 Å². The molecule has 0 fully saturated rings. The van der Waals surface area contributed by atoms with E-state index in [1.54, 1.807) is 0 Å². The fourth-order valence-electron chi connectivity index (χ4n) is 1.33.